The molecular weight excluding hydrogens is 256 g/mol. The highest BCUT2D eigenvalue weighted by Crippen LogP contribution is 2.18. The van der Waals surface area contributed by atoms with E-state index in [-0.39, 0.29) is 11.7 Å². The standard InChI is InChI=1S/C15H14N2O3/c1-9-7-12(18)5-6-13(9)15(20)17-11-4-2-3-10(8-11)14(16)19/h2-8,18H,1H3,(H2,16,19)(H,17,20). The lowest BCUT2D eigenvalue weighted by Crippen LogP contribution is -2.15. The normalized spacial score (nSPS) is 10.1. The van der Waals surface area contributed by atoms with E-state index < -0.39 is 5.91 Å². The predicted octanol–water partition coefficient (Wildman–Crippen LogP) is 2.05. The fraction of sp³-hybridized carbons (Fsp3) is 0.0667. The first-order valence-electron chi connectivity index (χ1n) is 5.98. The number of nitrogens with two attached hydrogens (primary N) is 1. The van der Waals surface area contributed by atoms with E-state index in [1.165, 1.54) is 24.3 Å². The molecule has 5 nitrogen and oxygen atoms in total. The van der Waals surface area contributed by atoms with E-state index in [9.17, 15) is 14.7 Å². The zero-order valence-corrected chi connectivity index (χ0v) is 10.9. The Morgan fingerprint density at radius 1 is 1.15 bits per heavy atom. The molecule has 0 spiro atoms. The van der Waals surface area contributed by atoms with E-state index >= 15 is 0 Å². The first-order valence-corrected chi connectivity index (χ1v) is 5.98. The lowest BCUT2D eigenvalue weighted by atomic mass is 10.1. The Kier molecular flexibility index (Phi) is 3.70. The topological polar surface area (TPSA) is 92.4 Å². The van der Waals surface area contributed by atoms with Gasteiger partial charge in [-0.15, -0.1) is 0 Å². The molecule has 0 aliphatic heterocycles. The van der Waals surface area contributed by atoms with Gasteiger partial charge in [0, 0.05) is 16.8 Å². The van der Waals surface area contributed by atoms with Crippen LogP contribution in [0.5, 0.6) is 5.75 Å². The van der Waals surface area contributed by atoms with Crippen LogP contribution >= 0.6 is 0 Å². The third kappa shape index (κ3) is 2.95. The van der Waals surface area contributed by atoms with Gasteiger partial charge in [-0.1, -0.05) is 6.07 Å². The predicted molar refractivity (Wildman–Crippen MR) is 75.8 cm³/mol. The molecule has 2 aromatic rings. The highest BCUT2D eigenvalue weighted by atomic mass is 16.3. The molecule has 0 saturated carbocycles. The monoisotopic (exact) mass is 270 g/mol. The number of primary amides is 1. The van der Waals surface area contributed by atoms with Gasteiger partial charge in [-0.2, -0.15) is 0 Å². The summed E-state index contributed by atoms with van der Waals surface area (Å²) < 4.78 is 0. The molecule has 0 aromatic heterocycles. The molecular formula is C15H14N2O3. The summed E-state index contributed by atoms with van der Waals surface area (Å²) in [6.07, 6.45) is 0. The van der Waals surface area contributed by atoms with Crippen molar-refractivity contribution >= 4 is 17.5 Å². The number of phenolic OH excluding ortho intramolecular Hbond substituents is 1. The van der Waals surface area contributed by atoms with Gasteiger partial charge in [-0.25, -0.2) is 0 Å². The fourth-order valence-electron chi connectivity index (χ4n) is 1.85. The Morgan fingerprint density at radius 2 is 1.90 bits per heavy atom. The van der Waals surface area contributed by atoms with Crippen LogP contribution in [0.4, 0.5) is 5.69 Å². The minimum absolute atomic E-state index is 0.106. The summed E-state index contributed by atoms with van der Waals surface area (Å²) in [5.74, 6) is -0.763. The maximum Gasteiger partial charge on any atom is 0.255 e. The molecule has 0 bridgehead atoms. The summed E-state index contributed by atoms with van der Waals surface area (Å²) >= 11 is 0. The Labute approximate surface area is 116 Å². The zero-order chi connectivity index (χ0) is 14.7. The van der Waals surface area contributed by atoms with Crippen LogP contribution in [0, 0.1) is 6.92 Å². The highest BCUT2D eigenvalue weighted by Gasteiger charge is 2.10. The smallest absolute Gasteiger partial charge is 0.255 e. The van der Waals surface area contributed by atoms with E-state index in [4.69, 9.17) is 5.73 Å². The number of rotatable bonds is 3. The van der Waals surface area contributed by atoms with E-state index in [1.807, 2.05) is 0 Å². The number of hydrogen-bond acceptors (Lipinski definition) is 3. The molecule has 20 heavy (non-hydrogen) atoms. The van der Waals surface area contributed by atoms with E-state index in [0.29, 0.717) is 22.4 Å². The lowest BCUT2D eigenvalue weighted by molar-refractivity contribution is 0.0996. The molecule has 2 rings (SSSR count). The summed E-state index contributed by atoms with van der Waals surface area (Å²) in [6.45, 7) is 1.73. The number of phenols is 1. The van der Waals surface area contributed by atoms with Crippen molar-refractivity contribution in [2.45, 2.75) is 6.92 Å². The first kappa shape index (κ1) is 13.6. The van der Waals surface area contributed by atoms with Gasteiger partial charge < -0.3 is 16.2 Å². The average molecular weight is 270 g/mol. The molecule has 2 amide bonds. The summed E-state index contributed by atoms with van der Waals surface area (Å²) in [7, 11) is 0. The molecule has 5 heteroatoms. The Hall–Kier alpha value is -2.82. The van der Waals surface area contributed by atoms with Gasteiger partial charge in [0.25, 0.3) is 5.91 Å². The molecule has 0 radical (unpaired) electrons. The highest BCUT2D eigenvalue weighted by molar-refractivity contribution is 6.06. The van der Waals surface area contributed by atoms with Gasteiger partial charge in [0.2, 0.25) is 5.91 Å². The molecule has 0 unspecified atom stereocenters. The number of nitrogens with one attached hydrogen (secondary N) is 1. The van der Waals surface area contributed by atoms with Crippen molar-refractivity contribution in [2.24, 2.45) is 5.73 Å². The Balaban J connectivity index is 2.23. The lowest BCUT2D eigenvalue weighted by Gasteiger charge is -2.08. The van der Waals surface area contributed by atoms with Crippen molar-refractivity contribution in [3.8, 4) is 5.75 Å². The van der Waals surface area contributed by atoms with Crippen molar-refractivity contribution in [2.75, 3.05) is 5.32 Å². The average Bonchev–Trinajstić information content (AvgIpc) is 2.38. The molecule has 0 heterocycles. The number of hydrogen-bond donors (Lipinski definition) is 3. The maximum atomic E-state index is 12.1. The largest absolute Gasteiger partial charge is 0.508 e. The van der Waals surface area contributed by atoms with E-state index in [2.05, 4.69) is 5.32 Å². The molecule has 0 atom stereocenters. The summed E-state index contributed by atoms with van der Waals surface area (Å²) in [4.78, 5) is 23.2. The van der Waals surface area contributed by atoms with Crippen molar-refractivity contribution in [1.29, 1.82) is 0 Å². The van der Waals surface area contributed by atoms with Crippen molar-refractivity contribution in [3.05, 3.63) is 59.2 Å². The van der Waals surface area contributed by atoms with Crippen LogP contribution in [0.2, 0.25) is 0 Å². The SMILES string of the molecule is Cc1cc(O)ccc1C(=O)Nc1cccc(C(N)=O)c1. The second-order valence-electron chi connectivity index (χ2n) is 4.40. The summed E-state index contributed by atoms with van der Waals surface area (Å²) in [5.41, 5.74) is 7.11. The second kappa shape index (κ2) is 5.44. The molecule has 0 fully saturated rings. The Morgan fingerprint density at radius 3 is 2.55 bits per heavy atom. The van der Waals surface area contributed by atoms with Crippen LogP contribution in [-0.2, 0) is 0 Å². The van der Waals surface area contributed by atoms with E-state index in [1.54, 1.807) is 25.1 Å². The van der Waals surface area contributed by atoms with Gasteiger partial charge in [-0.3, -0.25) is 9.59 Å². The molecule has 0 saturated heterocycles. The second-order valence-corrected chi connectivity index (χ2v) is 4.40. The van der Waals surface area contributed by atoms with Gasteiger partial charge in [0.15, 0.2) is 0 Å². The molecule has 0 aliphatic carbocycles. The molecule has 0 aliphatic rings. The van der Waals surface area contributed by atoms with Crippen LogP contribution < -0.4 is 11.1 Å². The number of aryl methyl sites for hydroxylation is 1. The Bertz CT molecular complexity index is 681. The van der Waals surface area contributed by atoms with Crippen LogP contribution in [0.25, 0.3) is 0 Å². The summed E-state index contributed by atoms with van der Waals surface area (Å²) in [5, 5.41) is 12.0. The van der Waals surface area contributed by atoms with Crippen molar-refractivity contribution in [1.82, 2.24) is 0 Å². The van der Waals surface area contributed by atoms with Crippen LogP contribution in [0.1, 0.15) is 26.3 Å². The third-order valence-electron chi connectivity index (χ3n) is 2.86. The van der Waals surface area contributed by atoms with Crippen LogP contribution in [-0.4, -0.2) is 16.9 Å². The molecule has 4 N–H and O–H groups in total. The van der Waals surface area contributed by atoms with Crippen molar-refractivity contribution in [3.63, 3.8) is 0 Å². The minimum atomic E-state index is -0.554. The first-order chi connectivity index (χ1) is 9.47. The number of amides is 2. The van der Waals surface area contributed by atoms with Crippen LogP contribution in [0.15, 0.2) is 42.5 Å². The number of aromatic hydroxyl groups is 1. The number of carbonyl (C=O) groups is 2. The molecule has 102 valence electrons. The zero-order valence-electron chi connectivity index (χ0n) is 10.9. The minimum Gasteiger partial charge on any atom is -0.508 e. The van der Waals surface area contributed by atoms with Gasteiger partial charge in [0.05, 0.1) is 0 Å². The van der Waals surface area contributed by atoms with Gasteiger partial charge in [-0.05, 0) is 48.9 Å². The van der Waals surface area contributed by atoms with Gasteiger partial charge in [0.1, 0.15) is 5.75 Å². The number of anilines is 1. The maximum absolute atomic E-state index is 12.1. The van der Waals surface area contributed by atoms with Crippen LogP contribution in [0.3, 0.4) is 0 Å². The van der Waals surface area contributed by atoms with Gasteiger partial charge >= 0.3 is 0 Å². The summed E-state index contributed by atoms with van der Waals surface area (Å²) in [6, 6.07) is 10.9. The van der Waals surface area contributed by atoms with E-state index in [0.717, 1.165) is 0 Å². The number of carbonyl (C=O) groups excluding carboxylic acids is 2. The number of benzene rings is 2. The fourth-order valence-corrected chi connectivity index (χ4v) is 1.85. The van der Waals surface area contributed by atoms with Crippen molar-refractivity contribution < 1.29 is 14.7 Å². The third-order valence-corrected chi connectivity index (χ3v) is 2.86. The molecule has 2 aromatic carbocycles. The quantitative estimate of drug-likeness (QED) is 0.797.